The SMILES string of the molecule is C[C@H]1CCCC[C@@H]1NC(=O)CSc1nc(-c2ccccc2)cs1. The zero-order valence-corrected chi connectivity index (χ0v) is 15.0. The van der Waals surface area contributed by atoms with Crippen LogP contribution in [0.5, 0.6) is 0 Å². The number of thioether (sulfide) groups is 1. The van der Waals surface area contributed by atoms with Crippen LogP contribution in [0, 0.1) is 5.92 Å². The van der Waals surface area contributed by atoms with Gasteiger partial charge in [-0.15, -0.1) is 11.3 Å². The van der Waals surface area contributed by atoms with E-state index < -0.39 is 0 Å². The van der Waals surface area contributed by atoms with Crippen molar-refractivity contribution >= 4 is 29.0 Å². The third kappa shape index (κ3) is 4.58. The van der Waals surface area contributed by atoms with Crippen LogP contribution in [-0.4, -0.2) is 22.7 Å². The lowest BCUT2D eigenvalue weighted by molar-refractivity contribution is -0.119. The third-order valence-corrected chi connectivity index (χ3v) is 6.36. The van der Waals surface area contributed by atoms with E-state index in [0.717, 1.165) is 22.0 Å². The van der Waals surface area contributed by atoms with Gasteiger partial charge in [-0.25, -0.2) is 4.98 Å². The molecule has 1 aliphatic carbocycles. The van der Waals surface area contributed by atoms with E-state index in [1.54, 1.807) is 11.3 Å². The summed E-state index contributed by atoms with van der Waals surface area (Å²) < 4.78 is 0.954. The Kier molecular flexibility index (Phi) is 5.73. The quantitative estimate of drug-likeness (QED) is 0.805. The van der Waals surface area contributed by atoms with Gasteiger partial charge in [-0.1, -0.05) is 61.9 Å². The molecule has 0 bridgehead atoms. The Morgan fingerprint density at radius 2 is 2.09 bits per heavy atom. The summed E-state index contributed by atoms with van der Waals surface area (Å²) in [6.07, 6.45) is 4.87. The average Bonchev–Trinajstić information content (AvgIpc) is 3.05. The highest BCUT2D eigenvalue weighted by molar-refractivity contribution is 8.01. The topological polar surface area (TPSA) is 42.0 Å². The molecule has 1 aliphatic rings. The molecule has 1 aromatic carbocycles. The van der Waals surface area contributed by atoms with Crippen molar-refractivity contribution in [3.05, 3.63) is 35.7 Å². The van der Waals surface area contributed by atoms with E-state index in [1.165, 1.54) is 31.0 Å². The smallest absolute Gasteiger partial charge is 0.230 e. The Morgan fingerprint density at radius 3 is 2.87 bits per heavy atom. The van der Waals surface area contributed by atoms with E-state index in [-0.39, 0.29) is 5.91 Å². The second kappa shape index (κ2) is 7.97. The molecule has 122 valence electrons. The summed E-state index contributed by atoms with van der Waals surface area (Å²) in [6, 6.07) is 10.5. The number of carbonyl (C=O) groups is 1. The number of thiazole rings is 1. The molecule has 5 heteroatoms. The normalized spacial score (nSPS) is 21.1. The van der Waals surface area contributed by atoms with Crippen molar-refractivity contribution in [2.45, 2.75) is 43.0 Å². The monoisotopic (exact) mass is 346 g/mol. The van der Waals surface area contributed by atoms with Crippen molar-refractivity contribution in [2.75, 3.05) is 5.75 Å². The minimum absolute atomic E-state index is 0.130. The molecule has 2 atom stereocenters. The molecule has 0 aliphatic heterocycles. The highest BCUT2D eigenvalue weighted by Crippen LogP contribution is 2.28. The first-order chi connectivity index (χ1) is 11.2. The standard InChI is InChI=1S/C18H22N2OS2/c1-13-7-5-6-10-15(13)19-17(21)12-23-18-20-16(11-22-18)14-8-3-2-4-9-14/h2-4,8-9,11,13,15H,5-7,10,12H2,1H3,(H,19,21)/t13-,15-/m0/s1. The number of nitrogens with one attached hydrogen (secondary N) is 1. The number of rotatable bonds is 5. The van der Waals surface area contributed by atoms with E-state index in [4.69, 9.17) is 0 Å². The summed E-state index contributed by atoms with van der Waals surface area (Å²) in [6.45, 7) is 2.24. The van der Waals surface area contributed by atoms with E-state index in [9.17, 15) is 4.79 Å². The lowest BCUT2D eigenvalue weighted by atomic mass is 9.86. The molecule has 1 saturated carbocycles. The second-order valence-corrected chi connectivity index (χ2v) is 8.17. The molecule has 1 amide bonds. The van der Waals surface area contributed by atoms with Crippen molar-refractivity contribution in [1.29, 1.82) is 0 Å². The fraction of sp³-hybridized carbons (Fsp3) is 0.444. The first-order valence-electron chi connectivity index (χ1n) is 8.15. The minimum Gasteiger partial charge on any atom is -0.352 e. The molecular weight excluding hydrogens is 324 g/mol. The molecule has 3 nitrogen and oxygen atoms in total. The van der Waals surface area contributed by atoms with Crippen molar-refractivity contribution in [2.24, 2.45) is 5.92 Å². The fourth-order valence-electron chi connectivity index (χ4n) is 2.97. The number of amides is 1. The maximum absolute atomic E-state index is 12.2. The minimum atomic E-state index is 0.130. The average molecular weight is 347 g/mol. The van der Waals surface area contributed by atoms with Gasteiger partial charge in [-0.2, -0.15) is 0 Å². The molecular formula is C18H22N2OS2. The molecule has 1 fully saturated rings. The maximum atomic E-state index is 12.2. The highest BCUT2D eigenvalue weighted by atomic mass is 32.2. The Balaban J connectivity index is 1.50. The number of benzene rings is 1. The lowest BCUT2D eigenvalue weighted by Gasteiger charge is -2.29. The van der Waals surface area contributed by atoms with E-state index in [0.29, 0.717) is 17.7 Å². The van der Waals surface area contributed by atoms with Gasteiger partial charge in [0.1, 0.15) is 0 Å². The predicted octanol–water partition coefficient (Wildman–Crippen LogP) is 4.60. The first-order valence-corrected chi connectivity index (χ1v) is 10.0. The van der Waals surface area contributed by atoms with Crippen LogP contribution in [0.3, 0.4) is 0 Å². The predicted molar refractivity (Wildman–Crippen MR) is 97.8 cm³/mol. The number of hydrogen-bond donors (Lipinski definition) is 1. The molecule has 1 aromatic heterocycles. The summed E-state index contributed by atoms with van der Waals surface area (Å²) >= 11 is 3.13. The molecule has 0 unspecified atom stereocenters. The van der Waals surface area contributed by atoms with Crippen LogP contribution in [-0.2, 0) is 4.79 Å². The van der Waals surface area contributed by atoms with E-state index in [1.807, 2.05) is 18.2 Å². The van der Waals surface area contributed by atoms with Crippen LogP contribution in [0.1, 0.15) is 32.6 Å². The van der Waals surface area contributed by atoms with Crippen LogP contribution in [0.15, 0.2) is 40.1 Å². The van der Waals surface area contributed by atoms with Gasteiger partial charge >= 0.3 is 0 Å². The molecule has 23 heavy (non-hydrogen) atoms. The zero-order chi connectivity index (χ0) is 16.1. The summed E-state index contributed by atoms with van der Waals surface area (Å²) in [5.74, 6) is 1.18. The summed E-state index contributed by atoms with van der Waals surface area (Å²) in [7, 11) is 0. The molecule has 2 aromatic rings. The van der Waals surface area contributed by atoms with Gasteiger partial charge in [0.25, 0.3) is 0 Å². The van der Waals surface area contributed by atoms with Crippen LogP contribution >= 0.6 is 23.1 Å². The Morgan fingerprint density at radius 1 is 1.30 bits per heavy atom. The van der Waals surface area contributed by atoms with Crippen LogP contribution < -0.4 is 5.32 Å². The van der Waals surface area contributed by atoms with Crippen LogP contribution in [0.25, 0.3) is 11.3 Å². The lowest BCUT2D eigenvalue weighted by Crippen LogP contribution is -2.41. The number of aromatic nitrogens is 1. The van der Waals surface area contributed by atoms with Gasteiger partial charge in [-0.3, -0.25) is 4.79 Å². The number of hydrogen-bond acceptors (Lipinski definition) is 4. The highest BCUT2D eigenvalue weighted by Gasteiger charge is 2.22. The van der Waals surface area contributed by atoms with Crippen molar-refractivity contribution < 1.29 is 4.79 Å². The Labute approximate surface area is 145 Å². The fourth-order valence-corrected chi connectivity index (χ4v) is 4.62. The van der Waals surface area contributed by atoms with Crippen molar-refractivity contribution in [3.63, 3.8) is 0 Å². The summed E-state index contributed by atoms with van der Waals surface area (Å²) in [4.78, 5) is 16.8. The largest absolute Gasteiger partial charge is 0.352 e. The van der Waals surface area contributed by atoms with Gasteiger partial charge in [0, 0.05) is 17.0 Å². The van der Waals surface area contributed by atoms with E-state index in [2.05, 4.69) is 34.7 Å². The molecule has 3 rings (SSSR count). The van der Waals surface area contributed by atoms with E-state index >= 15 is 0 Å². The second-order valence-electron chi connectivity index (χ2n) is 6.09. The summed E-state index contributed by atoms with van der Waals surface area (Å²) in [5.41, 5.74) is 2.11. The van der Waals surface area contributed by atoms with Gasteiger partial charge in [-0.05, 0) is 18.8 Å². The van der Waals surface area contributed by atoms with Crippen molar-refractivity contribution in [3.8, 4) is 11.3 Å². The van der Waals surface area contributed by atoms with Gasteiger partial charge in [0.05, 0.1) is 11.4 Å². The van der Waals surface area contributed by atoms with Gasteiger partial charge in [0.2, 0.25) is 5.91 Å². The van der Waals surface area contributed by atoms with Crippen LogP contribution in [0.2, 0.25) is 0 Å². The Bertz CT molecular complexity index is 641. The van der Waals surface area contributed by atoms with Crippen LogP contribution in [0.4, 0.5) is 0 Å². The Hall–Kier alpha value is -1.33. The molecule has 0 radical (unpaired) electrons. The van der Waals surface area contributed by atoms with Gasteiger partial charge in [0.15, 0.2) is 4.34 Å². The van der Waals surface area contributed by atoms with Gasteiger partial charge < -0.3 is 5.32 Å². The molecule has 0 spiro atoms. The molecule has 1 heterocycles. The first kappa shape index (κ1) is 16.5. The number of carbonyl (C=O) groups excluding carboxylic acids is 1. The van der Waals surface area contributed by atoms with Crippen molar-refractivity contribution in [1.82, 2.24) is 10.3 Å². The molecule has 1 N–H and O–H groups in total. The maximum Gasteiger partial charge on any atom is 0.230 e. The number of nitrogens with zero attached hydrogens (tertiary/aromatic N) is 1. The third-order valence-electron chi connectivity index (χ3n) is 4.34. The zero-order valence-electron chi connectivity index (χ0n) is 13.3. The summed E-state index contributed by atoms with van der Waals surface area (Å²) in [5, 5.41) is 5.25. The molecule has 0 saturated heterocycles.